The van der Waals surface area contributed by atoms with Gasteiger partial charge in [0.15, 0.2) is 0 Å². The number of para-hydroxylation sites is 1. The van der Waals surface area contributed by atoms with Crippen molar-refractivity contribution in [3.63, 3.8) is 0 Å². The fourth-order valence-corrected chi connectivity index (χ4v) is 1.94. The summed E-state index contributed by atoms with van der Waals surface area (Å²) in [6.45, 7) is 1.99. The van der Waals surface area contributed by atoms with Crippen LogP contribution in [0.3, 0.4) is 0 Å². The molecule has 0 fully saturated rings. The van der Waals surface area contributed by atoms with E-state index < -0.39 is 0 Å². The van der Waals surface area contributed by atoms with Gasteiger partial charge in [-0.2, -0.15) is 0 Å². The van der Waals surface area contributed by atoms with Gasteiger partial charge in [-0.05, 0) is 19.1 Å². The number of benzene rings is 1. The topological polar surface area (TPSA) is 38.9 Å². The Morgan fingerprint density at radius 3 is 3.00 bits per heavy atom. The summed E-state index contributed by atoms with van der Waals surface area (Å²) in [5.41, 5.74) is 7.42. The Balaban J connectivity index is 2.90. The molecule has 56 valence electrons. The van der Waals surface area contributed by atoms with E-state index >= 15 is 0 Å². The van der Waals surface area contributed by atoms with Gasteiger partial charge in [-0.25, -0.2) is 4.98 Å². The molecule has 0 saturated carbocycles. The molecule has 2 nitrogen and oxygen atoms in total. The lowest BCUT2D eigenvalue weighted by atomic mass is 10.3. The minimum atomic E-state index is 0.770. The Morgan fingerprint density at radius 1 is 1.45 bits per heavy atom. The number of nitrogens with zero attached hydrogens (tertiary/aromatic N) is 1. The number of aryl methyl sites for hydroxylation is 1. The molecule has 0 amide bonds. The highest BCUT2D eigenvalue weighted by Gasteiger charge is 2.01. The van der Waals surface area contributed by atoms with Gasteiger partial charge in [0.05, 0.1) is 15.4 Å². The molecule has 2 N–H and O–H groups in total. The van der Waals surface area contributed by atoms with Gasteiger partial charge in [0.1, 0.15) is 5.52 Å². The van der Waals surface area contributed by atoms with Crippen LogP contribution in [0, 0.1) is 6.92 Å². The lowest BCUT2D eigenvalue weighted by Crippen LogP contribution is -1.84. The lowest BCUT2D eigenvalue weighted by Gasteiger charge is -1.90. The van der Waals surface area contributed by atoms with Crippen LogP contribution in [0.15, 0.2) is 18.2 Å². The van der Waals surface area contributed by atoms with Crippen LogP contribution >= 0.6 is 11.3 Å². The first kappa shape index (κ1) is 6.61. The Hall–Kier alpha value is -1.09. The molecule has 0 unspecified atom stereocenters. The Labute approximate surface area is 68.7 Å². The molecule has 0 aliphatic carbocycles. The zero-order valence-electron chi connectivity index (χ0n) is 6.16. The Bertz CT molecular complexity index is 392. The second-order valence-corrected chi connectivity index (χ2v) is 3.66. The first-order valence-corrected chi connectivity index (χ1v) is 4.20. The fraction of sp³-hybridized carbons (Fsp3) is 0.125. The van der Waals surface area contributed by atoms with Crippen molar-refractivity contribution in [2.24, 2.45) is 0 Å². The zero-order chi connectivity index (χ0) is 7.84. The van der Waals surface area contributed by atoms with E-state index in [2.05, 4.69) is 4.98 Å². The summed E-state index contributed by atoms with van der Waals surface area (Å²) in [5, 5.41) is 1.07. The number of fused-ring (bicyclic) bond motifs is 1. The maximum atomic E-state index is 5.71. The number of aromatic nitrogens is 1. The van der Waals surface area contributed by atoms with Crippen molar-refractivity contribution in [1.82, 2.24) is 4.98 Å². The van der Waals surface area contributed by atoms with Crippen molar-refractivity contribution in [2.75, 3.05) is 5.73 Å². The highest BCUT2D eigenvalue weighted by Crippen LogP contribution is 2.25. The highest BCUT2D eigenvalue weighted by atomic mass is 32.1. The van der Waals surface area contributed by atoms with E-state index in [9.17, 15) is 0 Å². The number of nitrogens with two attached hydrogens (primary N) is 1. The summed E-state index contributed by atoms with van der Waals surface area (Å²) in [4.78, 5) is 4.31. The van der Waals surface area contributed by atoms with E-state index in [1.165, 1.54) is 4.70 Å². The Kier molecular flexibility index (Phi) is 1.32. The molecule has 0 spiro atoms. The summed E-state index contributed by atoms with van der Waals surface area (Å²) < 4.78 is 1.17. The number of rotatable bonds is 0. The molecule has 0 bridgehead atoms. The standard InChI is InChI=1S/C8H8N2S/c1-5-10-8-6(9)3-2-4-7(8)11-5/h2-4H,9H2,1H3. The summed E-state index contributed by atoms with van der Waals surface area (Å²) in [6, 6.07) is 5.87. The van der Waals surface area contributed by atoms with Crippen LogP contribution in [0.2, 0.25) is 0 Å². The third kappa shape index (κ3) is 0.973. The molecule has 0 aliphatic heterocycles. The largest absolute Gasteiger partial charge is 0.397 e. The minimum absolute atomic E-state index is 0.770. The number of hydrogen-bond acceptors (Lipinski definition) is 3. The maximum Gasteiger partial charge on any atom is 0.104 e. The Morgan fingerprint density at radius 2 is 2.27 bits per heavy atom. The smallest absolute Gasteiger partial charge is 0.104 e. The highest BCUT2D eigenvalue weighted by molar-refractivity contribution is 7.18. The van der Waals surface area contributed by atoms with Gasteiger partial charge < -0.3 is 5.73 Å². The van der Waals surface area contributed by atoms with E-state index in [0.717, 1.165) is 16.2 Å². The molecule has 1 aromatic carbocycles. The van der Waals surface area contributed by atoms with Gasteiger partial charge >= 0.3 is 0 Å². The van der Waals surface area contributed by atoms with Crippen LogP contribution in [0.1, 0.15) is 5.01 Å². The molecule has 1 aromatic heterocycles. The van der Waals surface area contributed by atoms with Crippen LogP contribution < -0.4 is 5.73 Å². The van der Waals surface area contributed by atoms with Gasteiger partial charge in [-0.3, -0.25) is 0 Å². The minimum Gasteiger partial charge on any atom is -0.397 e. The molecule has 0 aliphatic rings. The third-order valence-corrected chi connectivity index (χ3v) is 2.49. The van der Waals surface area contributed by atoms with E-state index in [1.807, 2.05) is 25.1 Å². The molecule has 0 atom stereocenters. The second-order valence-electron chi connectivity index (χ2n) is 2.43. The van der Waals surface area contributed by atoms with Crippen LogP contribution in [0.25, 0.3) is 10.2 Å². The number of thiazole rings is 1. The van der Waals surface area contributed by atoms with E-state index in [-0.39, 0.29) is 0 Å². The molecular formula is C8H8N2S. The van der Waals surface area contributed by atoms with E-state index in [4.69, 9.17) is 5.73 Å². The summed E-state index contributed by atoms with van der Waals surface area (Å²) >= 11 is 1.68. The van der Waals surface area contributed by atoms with Crippen LogP contribution in [-0.2, 0) is 0 Å². The molecule has 2 aromatic rings. The molecule has 0 saturated heterocycles. The number of nitrogen functional groups attached to an aromatic ring is 1. The zero-order valence-corrected chi connectivity index (χ0v) is 6.98. The van der Waals surface area contributed by atoms with Crippen LogP contribution in [0.5, 0.6) is 0 Å². The van der Waals surface area contributed by atoms with Gasteiger partial charge in [0.25, 0.3) is 0 Å². The van der Waals surface area contributed by atoms with E-state index in [0.29, 0.717) is 0 Å². The van der Waals surface area contributed by atoms with Gasteiger partial charge in [0, 0.05) is 0 Å². The van der Waals surface area contributed by atoms with Crippen molar-refractivity contribution >= 4 is 27.2 Å². The first-order valence-electron chi connectivity index (χ1n) is 3.39. The van der Waals surface area contributed by atoms with Gasteiger partial charge in [-0.15, -0.1) is 11.3 Å². The quantitative estimate of drug-likeness (QED) is 0.606. The van der Waals surface area contributed by atoms with Crippen molar-refractivity contribution in [2.45, 2.75) is 6.92 Å². The predicted molar refractivity (Wildman–Crippen MR) is 48.8 cm³/mol. The van der Waals surface area contributed by atoms with Crippen LogP contribution in [0.4, 0.5) is 5.69 Å². The average Bonchev–Trinajstić information content (AvgIpc) is 2.31. The molecule has 0 radical (unpaired) electrons. The van der Waals surface area contributed by atoms with E-state index in [1.54, 1.807) is 11.3 Å². The lowest BCUT2D eigenvalue weighted by molar-refractivity contribution is 1.35. The average molecular weight is 164 g/mol. The number of hydrogen-bond donors (Lipinski definition) is 1. The maximum absolute atomic E-state index is 5.71. The predicted octanol–water partition coefficient (Wildman–Crippen LogP) is 2.19. The first-order chi connectivity index (χ1) is 5.27. The SMILES string of the molecule is Cc1nc2c(N)cccc2s1. The molecule has 3 heteroatoms. The molecule has 1 heterocycles. The summed E-state index contributed by atoms with van der Waals surface area (Å²) in [5.74, 6) is 0. The third-order valence-electron chi connectivity index (χ3n) is 1.56. The monoisotopic (exact) mass is 164 g/mol. The van der Waals surface area contributed by atoms with Gasteiger partial charge in [-0.1, -0.05) is 6.07 Å². The van der Waals surface area contributed by atoms with Crippen molar-refractivity contribution in [3.8, 4) is 0 Å². The second kappa shape index (κ2) is 2.20. The van der Waals surface area contributed by atoms with Crippen LogP contribution in [-0.4, -0.2) is 4.98 Å². The van der Waals surface area contributed by atoms with Crippen molar-refractivity contribution in [1.29, 1.82) is 0 Å². The molecular weight excluding hydrogens is 156 g/mol. The number of anilines is 1. The van der Waals surface area contributed by atoms with Crippen molar-refractivity contribution < 1.29 is 0 Å². The van der Waals surface area contributed by atoms with Crippen molar-refractivity contribution in [3.05, 3.63) is 23.2 Å². The molecule has 2 rings (SSSR count). The normalized spacial score (nSPS) is 10.6. The molecule has 11 heavy (non-hydrogen) atoms. The van der Waals surface area contributed by atoms with Gasteiger partial charge in [0.2, 0.25) is 0 Å². The summed E-state index contributed by atoms with van der Waals surface area (Å²) in [6.07, 6.45) is 0. The fourth-order valence-electron chi connectivity index (χ4n) is 1.08. The summed E-state index contributed by atoms with van der Waals surface area (Å²) in [7, 11) is 0.